The number of carbonyl (C=O) groups excluding carboxylic acids is 2. The van der Waals surface area contributed by atoms with Crippen molar-refractivity contribution in [3.05, 3.63) is 71.8 Å². The molecular formula is C22H26N2O2. The highest BCUT2D eigenvalue weighted by Gasteiger charge is 2.36. The van der Waals surface area contributed by atoms with Crippen molar-refractivity contribution in [1.29, 1.82) is 0 Å². The molecule has 0 aliphatic carbocycles. The maximum Gasteiger partial charge on any atom is 0.179 e. The van der Waals surface area contributed by atoms with Gasteiger partial charge in [0.1, 0.15) is 0 Å². The summed E-state index contributed by atoms with van der Waals surface area (Å²) in [5.74, 6) is 0.0525. The number of hydrogen-bond acceptors (Lipinski definition) is 4. The second kappa shape index (κ2) is 8.39. The molecule has 1 aliphatic heterocycles. The van der Waals surface area contributed by atoms with Gasteiger partial charge in [-0.1, -0.05) is 67.6 Å². The monoisotopic (exact) mass is 350 g/mol. The first-order chi connectivity index (χ1) is 12.6. The van der Waals surface area contributed by atoms with E-state index < -0.39 is 0 Å². The second-order valence-electron chi connectivity index (χ2n) is 6.93. The first-order valence-electron chi connectivity index (χ1n) is 9.24. The number of Topliss-reactive ketones (excluding diaryl/α,β-unsaturated/α-hetero) is 2. The van der Waals surface area contributed by atoms with Crippen molar-refractivity contribution in [3.63, 3.8) is 0 Å². The van der Waals surface area contributed by atoms with Crippen molar-refractivity contribution < 1.29 is 9.59 Å². The fraction of sp³-hybridized carbons (Fsp3) is 0.364. The van der Waals surface area contributed by atoms with Crippen LogP contribution in [0.25, 0.3) is 0 Å². The number of nitrogens with one attached hydrogen (secondary N) is 1. The second-order valence-corrected chi connectivity index (χ2v) is 6.93. The molecule has 1 heterocycles. The summed E-state index contributed by atoms with van der Waals surface area (Å²) in [6, 6.07) is 18.5. The summed E-state index contributed by atoms with van der Waals surface area (Å²) < 4.78 is 0. The van der Waals surface area contributed by atoms with Crippen LogP contribution in [0.15, 0.2) is 60.7 Å². The number of nitrogens with zero attached hydrogens (tertiary/aromatic N) is 1. The van der Waals surface area contributed by atoms with E-state index in [1.54, 1.807) is 0 Å². The molecule has 26 heavy (non-hydrogen) atoms. The molecule has 2 aromatic carbocycles. The average Bonchev–Trinajstić information content (AvgIpc) is 2.73. The third-order valence-corrected chi connectivity index (χ3v) is 5.31. The van der Waals surface area contributed by atoms with Gasteiger partial charge < -0.3 is 5.32 Å². The van der Waals surface area contributed by atoms with E-state index in [-0.39, 0.29) is 29.6 Å². The van der Waals surface area contributed by atoms with Gasteiger partial charge in [-0.05, 0) is 6.92 Å². The van der Waals surface area contributed by atoms with Crippen LogP contribution >= 0.6 is 0 Å². The average molecular weight is 350 g/mol. The zero-order valence-electron chi connectivity index (χ0n) is 15.4. The maximum absolute atomic E-state index is 12.9. The van der Waals surface area contributed by atoms with Crippen molar-refractivity contribution in [2.75, 3.05) is 19.6 Å². The van der Waals surface area contributed by atoms with E-state index in [9.17, 15) is 9.59 Å². The summed E-state index contributed by atoms with van der Waals surface area (Å²) in [4.78, 5) is 28.0. The molecular weight excluding hydrogens is 324 g/mol. The predicted molar refractivity (Wildman–Crippen MR) is 104 cm³/mol. The Balaban J connectivity index is 1.79. The molecule has 2 aromatic rings. The number of benzene rings is 2. The summed E-state index contributed by atoms with van der Waals surface area (Å²) in [7, 11) is 0. The number of hydrogen-bond donors (Lipinski definition) is 1. The Kier molecular flexibility index (Phi) is 5.96. The van der Waals surface area contributed by atoms with E-state index in [1.807, 2.05) is 74.5 Å². The van der Waals surface area contributed by atoms with Crippen LogP contribution in [-0.2, 0) is 0 Å². The molecule has 4 nitrogen and oxygen atoms in total. The quantitative estimate of drug-likeness (QED) is 0.814. The highest BCUT2D eigenvalue weighted by Crippen LogP contribution is 2.22. The number of rotatable bonds is 6. The van der Waals surface area contributed by atoms with Gasteiger partial charge in [0.2, 0.25) is 0 Å². The van der Waals surface area contributed by atoms with Crippen molar-refractivity contribution in [3.8, 4) is 0 Å². The molecule has 1 N–H and O–H groups in total. The van der Waals surface area contributed by atoms with Crippen molar-refractivity contribution in [1.82, 2.24) is 10.2 Å². The maximum atomic E-state index is 12.9. The number of ketones is 2. The molecule has 0 amide bonds. The third-order valence-electron chi connectivity index (χ3n) is 5.31. The van der Waals surface area contributed by atoms with Crippen LogP contribution in [-0.4, -0.2) is 48.2 Å². The molecule has 0 radical (unpaired) electrons. The summed E-state index contributed by atoms with van der Waals surface area (Å²) in [5, 5.41) is 3.38. The van der Waals surface area contributed by atoms with Gasteiger partial charge in [-0.15, -0.1) is 0 Å². The molecule has 0 bridgehead atoms. The fourth-order valence-electron chi connectivity index (χ4n) is 3.72. The normalized spacial score (nSPS) is 20.3. The summed E-state index contributed by atoms with van der Waals surface area (Å²) in [5.41, 5.74) is 1.45. The van der Waals surface area contributed by atoms with Gasteiger partial charge in [-0.2, -0.15) is 0 Å². The van der Waals surface area contributed by atoms with E-state index >= 15 is 0 Å². The Morgan fingerprint density at radius 3 is 2.04 bits per heavy atom. The third kappa shape index (κ3) is 3.92. The van der Waals surface area contributed by atoms with Gasteiger partial charge >= 0.3 is 0 Å². The Bertz CT molecular complexity index is 680. The summed E-state index contributed by atoms with van der Waals surface area (Å²) in [6.45, 7) is 6.23. The molecule has 136 valence electrons. The van der Waals surface area contributed by atoms with Crippen LogP contribution in [0.3, 0.4) is 0 Å². The van der Waals surface area contributed by atoms with E-state index in [4.69, 9.17) is 0 Å². The molecule has 1 saturated heterocycles. The van der Waals surface area contributed by atoms with Gasteiger partial charge in [0.15, 0.2) is 11.6 Å². The standard InChI is InChI=1S/C22H26N2O2/c1-16(21(25)18-9-5-3-6-10-18)20-15-23-13-14-24(20)17(2)22(26)19-11-7-4-8-12-19/h3-12,16-17,20,23H,13-15H2,1-2H3. The van der Waals surface area contributed by atoms with Crippen LogP contribution in [0.2, 0.25) is 0 Å². The minimum atomic E-state index is -0.254. The molecule has 0 spiro atoms. The Morgan fingerprint density at radius 1 is 0.923 bits per heavy atom. The van der Waals surface area contributed by atoms with Gasteiger partial charge in [0.25, 0.3) is 0 Å². The van der Waals surface area contributed by atoms with Crippen molar-refractivity contribution in [2.45, 2.75) is 25.9 Å². The lowest BCUT2D eigenvalue weighted by molar-refractivity contribution is 0.0527. The summed E-state index contributed by atoms with van der Waals surface area (Å²) >= 11 is 0. The molecule has 1 fully saturated rings. The van der Waals surface area contributed by atoms with E-state index in [2.05, 4.69) is 10.2 Å². The molecule has 1 aliphatic rings. The largest absolute Gasteiger partial charge is 0.314 e. The Labute approximate surface area is 155 Å². The van der Waals surface area contributed by atoms with Gasteiger partial charge in [-0.25, -0.2) is 0 Å². The van der Waals surface area contributed by atoms with E-state index in [0.29, 0.717) is 6.54 Å². The molecule has 0 saturated carbocycles. The Hall–Kier alpha value is -2.30. The fourth-order valence-corrected chi connectivity index (χ4v) is 3.72. The van der Waals surface area contributed by atoms with Crippen LogP contribution < -0.4 is 5.32 Å². The molecule has 3 rings (SSSR count). The highest BCUT2D eigenvalue weighted by molar-refractivity contribution is 6.00. The van der Waals surface area contributed by atoms with Crippen LogP contribution in [0, 0.1) is 5.92 Å². The van der Waals surface area contributed by atoms with E-state index in [1.165, 1.54) is 0 Å². The first-order valence-corrected chi connectivity index (χ1v) is 9.24. The minimum Gasteiger partial charge on any atom is -0.314 e. The van der Waals surface area contributed by atoms with Crippen molar-refractivity contribution in [2.24, 2.45) is 5.92 Å². The Morgan fingerprint density at radius 2 is 1.46 bits per heavy atom. The number of piperazine rings is 1. The highest BCUT2D eigenvalue weighted by atomic mass is 16.1. The van der Waals surface area contributed by atoms with Crippen LogP contribution in [0.4, 0.5) is 0 Å². The van der Waals surface area contributed by atoms with Crippen molar-refractivity contribution >= 4 is 11.6 Å². The first kappa shape index (κ1) is 18.5. The lowest BCUT2D eigenvalue weighted by Crippen LogP contribution is -2.59. The molecule has 3 unspecified atom stereocenters. The number of carbonyl (C=O) groups is 2. The van der Waals surface area contributed by atoms with Crippen LogP contribution in [0.5, 0.6) is 0 Å². The smallest absolute Gasteiger partial charge is 0.179 e. The summed E-state index contributed by atoms with van der Waals surface area (Å²) in [6.07, 6.45) is 0. The minimum absolute atomic E-state index is 0.000816. The van der Waals surface area contributed by atoms with Gasteiger partial charge in [0.05, 0.1) is 6.04 Å². The zero-order chi connectivity index (χ0) is 18.5. The van der Waals surface area contributed by atoms with Gasteiger partial charge in [-0.3, -0.25) is 14.5 Å². The topological polar surface area (TPSA) is 49.4 Å². The zero-order valence-corrected chi connectivity index (χ0v) is 15.4. The lowest BCUT2D eigenvalue weighted by Gasteiger charge is -2.42. The lowest BCUT2D eigenvalue weighted by atomic mass is 9.88. The molecule has 0 aromatic heterocycles. The predicted octanol–water partition coefficient (Wildman–Crippen LogP) is 3.05. The van der Waals surface area contributed by atoms with E-state index in [0.717, 1.165) is 24.2 Å². The SMILES string of the molecule is CC(C(=O)c1ccccc1)C1CNCCN1C(C)C(=O)c1ccccc1. The molecule has 3 atom stereocenters. The van der Waals surface area contributed by atoms with Gasteiger partial charge in [0, 0.05) is 42.7 Å². The van der Waals surface area contributed by atoms with Crippen LogP contribution in [0.1, 0.15) is 34.6 Å². The molecule has 4 heteroatoms.